The van der Waals surface area contributed by atoms with Crippen molar-refractivity contribution in [2.24, 2.45) is 0 Å². The molecule has 0 aliphatic rings. The Hall–Kier alpha value is 3.37. The van der Waals surface area contributed by atoms with E-state index in [-0.39, 0.29) is 105 Å². The van der Waals surface area contributed by atoms with Gasteiger partial charge in [-0.2, -0.15) is 0 Å². The van der Waals surface area contributed by atoms with Crippen molar-refractivity contribution in [1.82, 2.24) is 0 Å². The molecule has 0 amide bonds. The van der Waals surface area contributed by atoms with E-state index in [1.54, 1.807) is 0 Å². The van der Waals surface area contributed by atoms with E-state index in [4.69, 9.17) is 4.66 Å². The van der Waals surface area contributed by atoms with Crippen molar-refractivity contribution < 1.29 is 10.4 Å². The van der Waals surface area contributed by atoms with Crippen LogP contribution in [0.15, 0.2) is 0 Å². The first-order valence-electron chi connectivity index (χ1n) is 0.169. The molecule has 0 aromatic carbocycles. The van der Waals surface area contributed by atoms with E-state index in [9.17, 15) is 0 Å². The van der Waals surface area contributed by atoms with Crippen LogP contribution in [0.2, 0.25) is 0 Å². The smallest absolute Gasteiger partial charge is 1.00 e. The molecule has 0 bridgehead atoms. The van der Waals surface area contributed by atoms with Crippen LogP contribution in [0.5, 0.6) is 0 Å². The van der Waals surface area contributed by atoms with Crippen LogP contribution in [-0.2, 0) is 0 Å². The van der Waals surface area contributed by atoms with Crippen molar-refractivity contribution in [3.8, 4) is 0 Å². The molecule has 0 saturated heterocycles. The number of hydrogen-bond acceptors (Lipinski definition) is 1. The van der Waals surface area contributed by atoms with Gasteiger partial charge in [-0.05, 0) is 0 Å². The Morgan fingerprint density at radius 1 is 1.40 bits per heavy atom. The molecule has 1 nitrogen and oxygen atoms in total. The van der Waals surface area contributed by atoms with E-state index < -0.39 is 0 Å². The van der Waals surface area contributed by atoms with Gasteiger partial charge in [0.05, 0.1) is 11.9 Å². The second-order valence-electron chi connectivity index (χ2n) is 0. The maximum Gasteiger partial charge on any atom is 2.00 e. The molecule has 0 heterocycles. The van der Waals surface area contributed by atoms with Gasteiger partial charge >= 0.3 is 86.6 Å². The average molecular weight is 270 g/mol. The molecule has 0 saturated carbocycles. The van der Waals surface area contributed by atoms with Gasteiger partial charge in [0.25, 0.3) is 0 Å². The molecule has 0 fully saturated rings. The minimum atomic E-state index is 0. The van der Waals surface area contributed by atoms with Gasteiger partial charge in [-0.3, -0.25) is 4.66 Å². The molecule has 5 heavy (non-hydrogen) atoms. The fourth-order valence-electron chi connectivity index (χ4n) is 0. The first-order valence-corrected chi connectivity index (χ1v) is 0.507. The topological polar surface area (TPSA) is 20.2 Å². The van der Waals surface area contributed by atoms with Crippen molar-refractivity contribution in [2.45, 2.75) is 0 Å². The number of halogens is 2. The van der Waals surface area contributed by atoms with Gasteiger partial charge < -0.3 is 5.71 Å². The van der Waals surface area contributed by atoms with Crippen LogP contribution in [-0.4, -0.2) is 91.3 Å². The Morgan fingerprint density at radius 2 is 1.40 bits per heavy atom. The molecule has 5 heteroatoms. The third kappa shape index (κ3) is 18.7. The van der Waals surface area contributed by atoms with E-state index in [0.717, 1.165) is 0 Å². The van der Waals surface area contributed by atoms with Crippen LogP contribution in [0, 0.1) is 0 Å². The van der Waals surface area contributed by atoms with Crippen LogP contribution < -0.4 is 0 Å². The average Bonchev–Trinajstić information content (AvgIpc) is 1.00. The summed E-state index contributed by atoms with van der Waals surface area (Å²) in [5.74, 6) is 0. The van der Waals surface area contributed by atoms with Gasteiger partial charge in [0.2, 0.25) is 0 Å². The van der Waals surface area contributed by atoms with Crippen molar-refractivity contribution in [3.63, 3.8) is 0 Å². The molecule has 0 aromatic heterocycles. The summed E-state index contributed by atoms with van der Waals surface area (Å²) in [6.45, 7) is 0. The monoisotopic (exact) mass is 270 g/mol. The zero-order chi connectivity index (χ0) is 2.00. The fourth-order valence-corrected chi connectivity index (χ4v) is 0. The Labute approximate surface area is 118 Å². The Bertz CT molecular complexity index is 18.5. The molecule has 0 aromatic rings. The van der Waals surface area contributed by atoms with Gasteiger partial charge in [-0.15, -0.1) is 12.4 Å². The zero-order valence-corrected chi connectivity index (χ0v) is 10.9. The third-order valence-corrected chi connectivity index (χ3v) is 0. The van der Waals surface area contributed by atoms with Crippen molar-refractivity contribution >= 4 is 111 Å². The predicted octanol–water partition coefficient (Wildman–Crippen LogP) is 0.243. The standard InChI is InChI=1S/Ba.Ca.ClHO.ClH.4H/c;;1-2;;;;;/h;;2H;1H;;;;/q2*+2;;;4*-1. The van der Waals surface area contributed by atoms with E-state index in [0.29, 0.717) is 0 Å². The van der Waals surface area contributed by atoms with E-state index in [2.05, 4.69) is 11.9 Å². The quantitative estimate of drug-likeness (QED) is 0.625. The summed E-state index contributed by atoms with van der Waals surface area (Å²) >= 11 is 3.64. The number of rotatable bonds is 0. The number of hydrogen-bond donors (Lipinski definition) is 1. The van der Waals surface area contributed by atoms with E-state index in [1.807, 2.05) is 0 Å². The van der Waals surface area contributed by atoms with Gasteiger partial charge in [0.15, 0.2) is 0 Å². The van der Waals surface area contributed by atoms with Crippen LogP contribution >= 0.6 is 24.3 Å². The van der Waals surface area contributed by atoms with Crippen molar-refractivity contribution in [3.05, 3.63) is 0 Å². The van der Waals surface area contributed by atoms with E-state index in [1.165, 1.54) is 0 Å². The molecule has 30 valence electrons. The minimum Gasteiger partial charge on any atom is -1.00 e. The van der Waals surface area contributed by atoms with Crippen LogP contribution in [0.1, 0.15) is 5.71 Å². The minimum absolute atomic E-state index is 0. The molecule has 0 aliphatic carbocycles. The van der Waals surface area contributed by atoms with Crippen LogP contribution in [0.25, 0.3) is 0 Å². The summed E-state index contributed by atoms with van der Waals surface area (Å²) in [4.78, 5) is 0. The van der Waals surface area contributed by atoms with E-state index >= 15 is 0 Å². The second-order valence-corrected chi connectivity index (χ2v) is 0. The van der Waals surface area contributed by atoms with Gasteiger partial charge in [0, 0.05) is 0 Å². The van der Waals surface area contributed by atoms with Crippen LogP contribution in [0.3, 0.4) is 0 Å². The summed E-state index contributed by atoms with van der Waals surface area (Å²) < 4.78 is 6.47. The molecule has 0 unspecified atom stereocenters. The third-order valence-electron chi connectivity index (χ3n) is 0. The predicted molar refractivity (Wildman–Crippen MR) is 31.3 cm³/mol. The summed E-state index contributed by atoms with van der Waals surface area (Å²) in [6, 6.07) is 0. The maximum atomic E-state index is 6.47. The molecule has 0 aliphatic heterocycles. The Kier molecular flexibility index (Phi) is 125. The van der Waals surface area contributed by atoms with Crippen LogP contribution in [0.4, 0.5) is 0 Å². The molecular weight excluding hydrogens is 264 g/mol. The zero-order valence-electron chi connectivity index (χ0n) is 6.65. The maximum absolute atomic E-state index is 6.47. The first-order chi connectivity index (χ1) is 1.00. The SMILES string of the molecule is Cl.OCl.[Ba+2].[Ca+2].[H-].[H-].[H-].[H-]. The summed E-state index contributed by atoms with van der Waals surface area (Å²) in [6.07, 6.45) is 0. The molecule has 0 atom stereocenters. The Morgan fingerprint density at radius 3 is 1.40 bits per heavy atom. The second kappa shape index (κ2) is 26.3. The largest absolute Gasteiger partial charge is 2.00 e. The molecule has 1 N–H and O–H groups in total. The molecule has 0 radical (unpaired) electrons. The van der Waals surface area contributed by atoms with Gasteiger partial charge in [0.1, 0.15) is 0 Å². The molecular formula is H6BaCaCl2O. The summed E-state index contributed by atoms with van der Waals surface area (Å²) in [5, 5.41) is 0. The molecule has 0 rings (SSSR count). The molecule has 0 spiro atoms. The fraction of sp³-hybridized carbons (Fsp3) is 0. The van der Waals surface area contributed by atoms with Crippen molar-refractivity contribution in [1.29, 1.82) is 0 Å². The normalized spacial score (nSPS) is 1.20. The first kappa shape index (κ1) is 23.8. The Balaban J connectivity index is -0.000000000238. The van der Waals surface area contributed by atoms with Crippen molar-refractivity contribution in [2.75, 3.05) is 0 Å². The van der Waals surface area contributed by atoms with Gasteiger partial charge in [-0.25, -0.2) is 0 Å². The summed E-state index contributed by atoms with van der Waals surface area (Å²) in [5.41, 5.74) is 0. The summed E-state index contributed by atoms with van der Waals surface area (Å²) in [7, 11) is 0. The van der Waals surface area contributed by atoms with Gasteiger partial charge in [-0.1, -0.05) is 0 Å².